The molecule has 0 aliphatic carbocycles. The lowest BCUT2D eigenvalue weighted by molar-refractivity contribution is -0.878. The highest BCUT2D eigenvalue weighted by Gasteiger charge is 2.40. The Morgan fingerprint density at radius 3 is 2.38 bits per heavy atom. The van der Waals surface area contributed by atoms with Crippen molar-refractivity contribution in [2.45, 2.75) is 19.5 Å². The summed E-state index contributed by atoms with van der Waals surface area (Å²) < 4.78 is 45.3. The van der Waals surface area contributed by atoms with Gasteiger partial charge in [-0.3, -0.25) is 14.4 Å². The molecule has 2 aliphatic rings. The zero-order valence-electron chi connectivity index (χ0n) is 28.0. The summed E-state index contributed by atoms with van der Waals surface area (Å²) in [6, 6.07) is 7.40. The topological polar surface area (TPSA) is 144 Å². The third-order valence-corrected chi connectivity index (χ3v) is 9.59. The van der Waals surface area contributed by atoms with Crippen molar-refractivity contribution in [2.75, 3.05) is 64.4 Å². The highest BCUT2D eigenvalue weighted by atomic mass is 35.5. The minimum atomic E-state index is -4.82. The molecule has 6 rings (SSSR count). The lowest BCUT2D eigenvalue weighted by atomic mass is 10.1. The Morgan fingerprint density at radius 2 is 1.76 bits per heavy atom. The summed E-state index contributed by atoms with van der Waals surface area (Å²) in [7, 11) is 5.65. The van der Waals surface area contributed by atoms with Gasteiger partial charge in [-0.15, -0.1) is 0 Å². The number of rotatable bonds is 6. The first-order valence-corrected chi connectivity index (χ1v) is 16.3. The number of quaternary nitrogens is 1. The van der Waals surface area contributed by atoms with Crippen LogP contribution in [-0.2, 0) is 18.0 Å². The number of nitrogens with two attached hydrogens (primary N) is 1. The number of hydrogen-bond acceptors (Lipinski definition) is 7. The van der Waals surface area contributed by atoms with E-state index >= 15 is 0 Å². The molecule has 2 fully saturated rings. The van der Waals surface area contributed by atoms with Gasteiger partial charge in [-0.2, -0.15) is 18.3 Å². The number of imidazole rings is 1. The van der Waals surface area contributed by atoms with Crippen molar-refractivity contribution in [3.05, 3.63) is 70.5 Å². The van der Waals surface area contributed by atoms with Crippen molar-refractivity contribution >= 4 is 40.7 Å². The number of halogens is 4. The number of nitrogens with zero attached hydrogens (tertiary/aromatic N) is 8. The summed E-state index contributed by atoms with van der Waals surface area (Å²) in [6.07, 6.45) is -1.63. The van der Waals surface area contributed by atoms with Crippen molar-refractivity contribution in [3.8, 4) is 17.1 Å². The molecule has 13 nitrogen and oxygen atoms in total. The van der Waals surface area contributed by atoms with Crippen molar-refractivity contribution in [3.63, 3.8) is 0 Å². The van der Waals surface area contributed by atoms with E-state index < -0.39 is 17.8 Å². The molecule has 264 valence electrons. The monoisotopic (exact) mass is 713 g/mol. The van der Waals surface area contributed by atoms with Gasteiger partial charge in [-0.05, 0) is 37.3 Å². The van der Waals surface area contributed by atoms with Gasteiger partial charge in [0.1, 0.15) is 0 Å². The molecular weight excluding hydrogens is 677 g/mol. The van der Waals surface area contributed by atoms with Crippen LogP contribution in [0.25, 0.3) is 17.1 Å². The van der Waals surface area contributed by atoms with E-state index in [-0.39, 0.29) is 56.9 Å². The van der Waals surface area contributed by atoms with Gasteiger partial charge in [-0.25, -0.2) is 14.6 Å². The fourth-order valence-corrected chi connectivity index (χ4v) is 6.70. The average Bonchev–Trinajstić information content (AvgIpc) is 3.78. The van der Waals surface area contributed by atoms with Crippen molar-refractivity contribution in [1.29, 1.82) is 0 Å². The van der Waals surface area contributed by atoms with Crippen LogP contribution in [0.5, 0.6) is 0 Å². The first kappa shape index (κ1) is 34.9. The van der Waals surface area contributed by atoms with E-state index in [0.29, 0.717) is 37.6 Å². The number of pyridine rings is 1. The zero-order chi connectivity index (χ0) is 36.1. The van der Waals surface area contributed by atoms with Gasteiger partial charge < -0.3 is 29.9 Å². The Kier molecular flexibility index (Phi) is 9.11. The number of likely N-dealkylation sites (tertiary alicyclic amines) is 1. The standard InChI is InChI=1S/C33H36ClF3N10O3/c1-19-25(38)7-8-27(40-19)46-17-23(28(42-46)33(35,36)37)26-16-39-29(43(26)2)30(48)41-21-5-6-22(24(34)15-21)32(50)45-12-10-44(11-13-45)31(49)20-9-14-47(3,4)18-20/h5-8,15-17,20H,9-14,18,38H2,1-4H3/p+1. The predicted molar refractivity (Wildman–Crippen MR) is 180 cm³/mol. The number of alkyl halides is 3. The Morgan fingerprint density at radius 1 is 1.06 bits per heavy atom. The largest absolute Gasteiger partial charge is 0.435 e. The number of nitrogens with one attached hydrogen (secondary N) is 1. The van der Waals surface area contributed by atoms with Gasteiger partial charge in [0.15, 0.2) is 17.3 Å². The van der Waals surface area contributed by atoms with Gasteiger partial charge in [0, 0.05) is 51.5 Å². The summed E-state index contributed by atoms with van der Waals surface area (Å²) in [6.45, 7) is 5.02. The van der Waals surface area contributed by atoms with Crippen LogP contribution < -0.4 is 11.1 Å². The second-order valence-corrected chi connectivity index (χ2v) is 13.7. The Bertz CT molecular complexity index is 1980. The Labute approximate surface area is 291 Å². The van der Waals surface area contributed by atoms with E-state index in [2.05, 4.69) is 34.5 Å². The van der Waals surface area contributed by atoms with Crippen LogP contribution in [0.4, 0.5) is 24.5 Å². The molecule has 1 aromatic carbocycles. The minimum Gasteiger partial charge on any atom is -0.397 e. The van der Waals surface area contributed by atoms with E-state index in [4.69, 9.17) is 17.3 Å². The van der Waals surface area contributed by atoms with Crippen LogP contribution in [0, 0.1) is 12.8 Å². The number of carbonyl (C=O) groups is 3. The lowest BCUT2D eigenvalue weighted by Gasteiger charge is -2.36. The smallest absolute Gasteiger partial charge is 0.397 e. The number of aryl methyl sites for hydroxylation is 1. The van der Waals surface area contributed by atoms with Gasteiger partial charge in [0.2, 0.25) is 5.91 Å². The van der Waals surface area contributed by atoms with Gasteiger partial charge >= 0.3 is 6.18 Å². The van der Waals surface area contributed by atoms with Crippen molar-refractivity contribution in [1.82, 2.24) is 34.1 Å². The van der Waals surface area contributed by atoms with E-state index in [1.54, 1.807) is 11.8 Å². The number of aromatic nitrogens is 5. The quantitative estimate of drug-likeness (QED) is 0.289. The second kappa shape index (κ2) is 13.1. The number of piperazine rings is 1. The molecule has 0 bridgehead atoms. The van der Waals surface area contributed by atoms with Crippen LogP contribution in [0.2, 0.25) is 5.02 Å². The highest BCUT2D eigenvalue weighted by Crippen LogP contribution is 2.37. The molecule has 0 spiro atoms. The molecule has 2 aliphatic heterocycles. The van der Waals surface area contributed by atoms with Crippen LogP contribution in [0.1, 0.15) is 38.8 Å². The Balaban J connectivity index is 1.13. The number of carbonyl (C=O) groups excluding carboxylic acids is 3. The number of benzene rings is 1. The van der Waals surface area contributed by atoms with Crippen LogP contribution in [0.15, 0.2) is 42.7 Å². The van der Waals surface area contributed by atoms with Crippen molar-refractivity contribution in [2.24, 2.45) is 13.0 Å². The van der Waals surface area contributed by atoms with Crippen LogP contribution in [0.3, 0.4) is 0 Å². The normalized spacial score (nSPS) is 17.6. The first-order chi connectivity index (χ1) is 23.5. The number of nitrogen functional groups attached to an aromatic ring is 1. The number of hydrogen-bond donors (Lipinski definition) is 2. The average molecular weight is 714 g/mol. The third-order valence-electron chi connectivity index (χ3n) is 9.28. The molecule has 4 aromatic rings. The summed E-state index contributed by atoms with van der Waals surface area (Å²) in [5, 5.41) is 6.49. The SMILES string of the molecule is Cc1nc(-n2cc(-c3cnc(C(=O)Nc4ccc(C(=O)N5CCN(C(=O)C6CC[N+](C)(C)C6)CC5)c(Cl)c4)n3C)c(C(F)(F)F)n2)ccc1N. The molecule has 3 N–H and O–H groups in total. The van der Waals surface area contributed by atoms with E-state index in [1.165, 1.54) is 48.1 Å². The molecule has 17 heteroatoms. The first-order valence-electron chi connectivity index (χ1n) is 16.0. The molecule has 2 saturated heterocycles. The van der Waals surface area contributed by atoms with Gasteiger partial charge in [-0.1, -0.05) is 11.6 Å². The maximum Gasteiger partial charge on any atom is 0.435 e. The van der Waals surface area contributed by atoms with Crippen LogP contribution in [-0.4, -0.2) is 110 Å². The van der Waals surface area contributed by atoms with E-state index in [0.717, 1.165) is 34.9 Å². The molecule has 0 radical (unpaired) electrons. The maximum atomic E-state index is 14.1. The zero-order valence-corrected chi connectivity index (χ0v) is 28.7. The van der Waals surface area contributed by atoms with E-state index in [1.807, 2.05) is 4.90 Å². The molecule has 1 unspecified atom stereocenters. The van der Waals surface area contributed by atoms with Gasteiger partial charge in [0.25, 0.3) is 11.8 Å². The molecule has 5 heterocycles. The summed E-state index contributed by atoms with van der Waals surface area (Å²) >= 11 is 6.50. The molecule has 3 aromatic heterocycles. The Hall–Kier alpha value is -4.96. The van der Waals surface area contributed by atoms with Gasteiger partial charge in [0.05, 0.1) is 72.5 Å². The molecule has 50 heavy (non-hydrogen) atoms. The second-order valence-electron chi connectivity index (χ2n) is 13.3. The highest BCUT2D eigenvalue weighted by molar-refractivity contribution is 6.34. The summed E-state index contributed by atoms with van der Waals surface area (Å²) in [5.74, 6) is -0.909. The summed E-state index contributed by atoms with van der Waals surface area (Å²) in [5.41, 5.74) is 5.62. The fourth-order valence-electron chi connectivity index (χ4n) is 6.44. The van der Waals surface area contributed by atoms with Crippen molar-refractivity contribution < 1.29 is 32.0 Å². The minimum absolute atomic E-state index is 0.000393. The van der Waals surface area contributed by atoms with E-state index in [9.17, 15) is 27.6 Å². The fraction of sp³-hybridized carbons (Fsp3) is 0.394. The number of anilines is 2. The molecule has 1 atom stereocenters. The predicted octanol–water partition coefficient (Wildman–Crippen LogP) is 3.86. The molecular formula is C33H37ClF3N10O3+. The molecule has 0 saturated carbocycles. The summed E-state index contributed by atoms with van der Waals surface area (Å²) in [4.78, 5) is 51.4. The molecule has 3 amide bonds. The maximum absolute atomic E-state index is 14.1. The number of amides is 3. The van der Waals surface area contributed by atoms with Crippen LogP contribution >= 0.6 is 11.6 Å². The lowest BCUT2D eigenvalue weighted by Crippen LogP contribution is -2.52. The third kappa shape index (κ3) is 6.89.